The molecule has 3 atom stereocenters. The van der Waals surface area contributed by atoms with Crippen molar-refractivity contribution in [3.05, 3.63) is 35.4 Å². The van der Waals surface area contributed by atoms with Crippen LogP contribution >= 0.6 is 0 Å². The fourth-order valence-corrected chi connectivity index (χ4v) is 2.19. The second kappa shape index (κ2) is 4.95. The van der Waals surface area contributed by atoms with E-state index in [2.05, 4.69) is 31.3 Å². The summed E-state index contributed by atoms with van der Waals surface area (Å²) < 4.78 is 5.22. The summed E-state index contributed by atoms with van der Waals surface area (Å²) in [5, 5.41) is 13.1. The van der Waals surface area contributed by atoms with E-state index < -0.39 is 0 Å². The minimum absolute atomic E-state index is 0.0506. The maximum absolute atomic E-state index is 9.67. The molecule has 2 rings (SSSR count). The number of rotatable bonds is 3. The number of ether oxygens (including phenoxy) is 1. The third-order valence-corrected chi connectivity index (χ3v) is 3.17. The van der Waals surface area contributed by atoms with E-state index in [1.807, 2.05) is 12.1 Å². The first kappa shape index (κ1) is 11.6. The maximum atomic E-state index is 9.67. The molecule has 0 radical (unpaired) electrons. The van der Waals surface area contributed by atoms with Gasteiger partial charge in [0.25, 0.3) is 0 Å². The van der Waals surface area contributed by atoms with Gasteiger partial charge in [0.2, 0.25) is 0 Å². The molecular formula is C13H19NO2. The van der Waals surface area contributed by atoms with Gasteiger partial charge in [-0.05, 0) is 25.0 Å². The topological polar surface area (TPSA) is 41.5 Å². The van der Waals surface area contributed by atoms with E-state index in [-0.39, 0.29) is 18.2 Å². The van der Waals surface area contributed by atoms with Gasteiger partial charge in [-0.3, -0.25) is 0 Å². The molecule has 0 aromatic heterocycles. The number of nitrogens with one attached hydrogen (secondary N) is 1. The molecular weight excluding hydrogens is 202 g/mol. The minimum atomic E-state index is -0.383. The van der Waals surface area contributed by atoms with Crippen molar-refractivity contribution in [1.82, 2.24) is 5.32 Å². The number of hydrogen-bond donors (Lipinski definition) is 2. The summed E-state index contributed by atoms with van der Waals surface area (Å²) in [4.78, 5) is 0. The maximum Gasteiger partial charge on any atom is 0.0948 e. The number of hydrogen-bond acceptors (Lipinski definition) is 3. The summed E-state index contributed by atoms with van der Waals surface area (Å²) in [5.74, 6) is 0. The van der Waals surface area contributed by atoms with E-state index in [0.717, 1.165) is 0 Å². The van der Waals surface area contributed by atoms with Crippen LogP contribution in [0.2, 0.25) is 0 Å². The lowest BCUT2D eigenvalue weighted by atomic mass is 10.0. The smallest absolute Gasteiger partial charge is 0.0948 e. The zero-order valence-electron chi connectivity index (χ0n) is 9.81. The largest absolute Gasteiger partial charge is 0.389 e. The second-order valence-corrected chi connectivity index (χ2v) is 4.46. The lowest BCUT2D eigenvalue weighted by molar-refractivity contribution is 0.121. The van der Waals surface area contributed by atoms with Crippen LogP contribution in [0.25, 0.3) is 0 Å². The Morgan fingerprint density at radius 3 is 2.75 bits per heavy atom. The van der Waals surface area contributed by atoms with Crippen LogP contribution in [0.5, 0.6) is 0 Å². The minimum Gasteiger partial charge on any atom is -0.389 e. The van der Waals surface area contributed by atoms with Crippen molar-refractivity contribution < 1.29 is 9.84 Å². The highest BCUT2D eigenvalue weighted by atomic mass is 16.5. The molecule has 1 aliphatic heterocycles. The fourth-order valence-electron chi connectivity index (χ4n) is 2.19. The third-order valence-electron chi connectivity index (χ3n) is 3.17. The molecule has 1 aliphatic rings. The SMILES string of the molecule is Cc1ccccc1C(C)NC1COCC1O. The molecule has 0 bridgehead atoms. The van der Waals surface area contributed by atoms with Crippen molar-refractivity contribution in [3.8, 4) is 0 Å². The summed E-state index contributed by atoms with van der Waals surface area (Å²) in [6, 6.07) is 8.60. The average Bonchev–Trinajstić information content (AvgIpc) is 2.65. The van der Waals surface area contributed by atoms with Crippen molar-refractivity contribution in [2.45, 2.75) is 32.0 Å². The predicted octanol–water partition coefficient (Wildman–Crippen LogP) is 1.41. The lowest BCUT2D eigenvalue weighted by Crippen LogP contribution is -2.40. The molecule has 0 saturated carbocycles. The molecule has 1 aromatic carbocycles. The number of aryl methyl sites for hydroxylation is 1. The summed E-state index contributed by atoms with van der Waals surface area (Å²) in [6.45, 7) is 5.26. The van der Waals surface area contributed by atoms with E-state index in [1.54, 1.807) is 0 Å². The molecule has 1 saturated heterocycles. The Morgan fingerprint density at radius 2 is 2.12 bits per heavy atom. The van der Waals surface area contributed by atoms with Gasteiger partial charge in [0.15, 0.2) is 0 Å². The van der Waals surface area contributed by atoms with Crippen LogP contribution in [0.1, 0.15) is 24.1 Å². The molecule has 0 aliphatic carbocycles. The first-order chi connectivity index (χ1) is 7.68. The van der Waals surface area contributed by atoms with Gasteiger partial charge in [0.05, 0.1) is 25.4 Å². The Morgan fingerprint density at radius 1 is 1.38 bits per heavy atom. The van der Waals surface area contributed by atoms with Crippen LogP contribution in [0.3, 0.4) is 0 Å². The molecule has 1 heterocycles. The van der Waals surface area contributed by atoms with Crippen molar-refractivity contribution in [1.29, 1.82) is 0 Å². The van der Waals surface area contributed by atoms with E-state index in [1.165, 1.54) is 11.1 Å². The van der Waals surface area contributed by atoms with E-state index in [4.69, 9.17) is 4.74 Å². The first-order valence-electron chi connectivity index (χ1n) is 5.76. The summed E-state index contributed by atoms with van der Waals surface area (Å²) in [6.07, 6.45) is -0.383. The van der Waals surface area contributed by atoms with E-state index >= 15 is 0 Å². The quantitative estimate of drug-likeness (QED) is 0.810. The van der Waals surface area contributed by atoms with Gasteiger partial charge >= 0.3 is 0 Å². The van der Waals surface area contributed by atoms with Gasteiger partial charge in [0.1, 0.15) is 0 Å². The molecule has 16 heavy (non-hydrogen) atoms. The Kier molecular flexibility index (Phi) is 3.59. The molecule has 0 amide bonds. The first-order valence-corrected chi connectivity index (χ1v) is 5.76. The second-order valence-electron chi connectivity index (χ2n) is 4.46. The zero-order valence-corrected chi connectivity index (χ0v) is 9.81. The highest BCUT2D eigenvalue weighted by Crippen LogP contribution is 2.19. The number of benzene rings is 1. The normalized spacial score (nSPS) is 26.9. The van der Waals surface area contributed by atoms with Crippen molar-refractivity contribution in [2.75, 3.05) is 13.2 Å². The van der Waals surface area contributed by atoms with Crippen LogP contribution in [-0.4, -0.2) is 30.5 Å². The summed E-state index contributed by atoms with van der Waals surface area (Å²) >= 11 is 0. The van der Waals surface area contributed by atoms with Crippen LogP contribution in [0, 0.1) is 6.92 Å². The Hall–Kier alpha value is -0.900. The van der Waals surface area contributed by atoms with Gasteiger partial charge in [-0.15, -0.1) is 0 Å². The third kappa shape index (κ3) is 2.43. The Bertz CT molecular complexity index is 354. The van der Waals surface area contributed by atoms with Gasteiger partial charge < -0.3 is 15.2 Å². The van der Waals surface area contributed by atoms with Gasteiger partial charge in [-0.25, -0.2) is 0 Å². The zero-order chi connectivity index (χ0) is 11.5. The van der Waals surface area contributed by atoms with Crippen LogP contribution in [-0.2, 0) is 4.74 Å². The van der Waals surface area contributed by atoms with Gasteiger partial charge in [0, 0.05) is 6.04 Å². The molecule has 3 heteroatoms. The van der Waals surface area contributed by atoms with E-state index in [9.17, 15) is 5.11 Å². The summed E-state index contributed by atoms with van der Waals surface area (Å²) in [7, 11) is 0. The van der Waals surface area contributed by atoms with Crippen LogP contribution in [0.15, 0.2) is 24.3 Å². The van der Waals surface area contributed by atoms with Crippen LogP contribution in [0.4, 0.5) is 0 Å². The van der Waals surface area contributed by atoms with Gasteiger partial charge in [-0.1, -0.05) is 24.3 Å². The highest BCUT2D eigenvalue weighted by Gasteiger charge is 2.27. The molecule has 1 fully saturated rings. The van der Waals surface area contributed by atoms with Crippen molar-refractivity contribution in [3.63, 3.8) is 0 Å². The molecule has 2 N–H and O–H groups in total. The fraction of sp³-hybridized carbons (Fsp3) is 0.538. The van der Waals surface area contributed by atoms with E-state index in [0.29, 0.717) is 13.2 Å². The van der Waals surface area contributed by atoms with Crippen molar-refractivity contribution in [2.24, 2.45) is 0 Å². The summed E-state index contributed by atoms with van der Waals surface area (Å²) in [5.41, 5.74) is 2.55. The molecule has 1 aromatic rings. The molecule has 0 spiro atoms. The molecule has 88 valence electrons. The van der Waals surface area contributed by atoms with Crippen molar-refractivity contribution >= 4 is 0 Å². The lowest BCUT2D eigenvalue weighted by Gasteiger charge is -2.22. The number of aliphatic hydroxyl groups excluding tert-OH is 1. The van der Waals surface area contributed by atoms with Gasteiger partial charge in [-0.2, -0.15) is 0 Å². The monoisotopic (exact) mass is 221 g/mol. The number of aliphatic hydroxyl groups is 1. The Labute approximate surface area is 96.4 Å². The highest BCUT2D eigenvalue weighted by molar-refractivity contribution is 5.28. The van der Waals surface area contributed by atoms with Crippen LogP contribution < -0.4 is 5.32 Å². The molecule has 3 nitrogen and oxygen atoms in total. The Balaban J connectivity index is 2.03. The molecule has 3 unspecified atom stereocenters. The average molecular weight is 221 g/mol. The predicted molar refractivity (Wildman–Crippen MR) is 63.3 cm³/mol. The standard InChI is InChI=1S/C13H19NO2/c1-9-5-3-4-6-11(9)10(2)14-12-7-16-8-13(12)15/h3-6,10,12-15H,7-8H2,1-2H3.